The molecule has 8 nitrogen and oxygen atoms in total. The number of morpholine rings is 1. The van der Waals surface area contributed by atoms with Crippen LogP contribution in [0.1, 0.15) is 38.3 Å². The second-order valence-electron chi connectivity index (χ2n) is 9.43. The van der Waals surface area contributed by atoms with Gasteiger partial charge < -0.3 is 19.5 Å². The van der Waals surface area contributed by atoms with Crippen LogP contribution in [0.5, 0.6) is 11.5 Å². The lowest BCUT2D eigenvalue weighted by atomic mass is 9.86. The number of methoxy groups -OCH3 is 1. The van der Waals surface area contributed by atoms with Gasteiger partial charge in [0.1, 0.15) is 18.1 Å². The van der Waals surface area contributed by atoms with Crippen molar-refractivity contribution in [2.45, 2.75) is 43.9 Å². The van der Waals surface area contributed by atoms with Gasteiger partial charge in [0.05, 0.1) is 31.8 Å². The molecule has 0 aliphatic carbocycles. The summed E-state index contributed by atoms with van der Waals surface area (Å²) in [6.07, 6.45) is 0.561. The molecule has 0 bridgehead atoms. The van der Waals surface area contributed by atoms with E-state index in [4.69, 9.17) is 14.2 Å². The third-order valence-corrected chi connectivity index (χ3v) is 7.75. The van der Waals surface area contributed by atoms with E-state index in [1.807, 2.05) is 18.2 Å². The monoisotopic (exact) mass is 504 g/mol. The summed E-state index contributed by atoms with van der Waals surface area (Å²) < 4.78 is 44.0. The van der Waals surface area contributed by atoms with Crippen molar-refractivity contribution in [1.29, 1.82) is 0 Å². The Balaban J connectivity index is 1.54. The number of benzene rings is 2. The molecule has 1 heterocycles. The first kappa shape index (κ1) is 27.0. The maximum absolute atomic E-state index is 13.0. The van der Waals surface area contributed by atoms with Gasteiger partial charge in [0.2, 0.25) is 15.9 Å². The molecule has 1 saturated heterocycles. The SMILES string of the molecule is COc1ccc(S(=O)(=O)N2CCOCC2)cc1CCC(=O)NCCOc1ccccc1C(C)(C)C. The van der Waals surface area contributed by atoms with Crippen molar-refractivity contribution in [2.75, 3.05) is 46.6 Å². The van der Waals surface area contributed by atoms with Gasteiger partial charge in [0.15, 0.2) is 0 Å². The number of hydrogen-bond donors (Lipinski definition) is 1. The average Bonchev–Trinajstić information content (AvgIpc) is 2.85. The van der Waals surface area contributed by atoms with E-state index in [0.29, 0.717) is 57.2 Å². The summed E-state index contributed by atoms with van der Waals surface area (Å²) in [5.41, 5.74) is 1.75. The van der Waals surface area contributed by atoms with Gasteiger partial charge in [-0.3, -0.25) is 4.79 Å². The number of para-hydroxylation sites is 1. The Morgan fingerprint density at radius 2 is 1.80 bits per heavy atom. The number of carbonyl (C=O) groups excluding carboxylic acids is 1. The summed E-state index contributed by atoms with van der Waals surface area (Å²) in [5, 5.41) is 2.87. The van der Waals surface area contributed by atoms with E-state index in [9.17, 15) is 13.2 Å². The zero-order valence-electron chi connectivity index (χ0n) is 21.0. The Labute approximate surface area is 208 Å². The number of aryl methyl sites for hydroxylation is 1. The fraction of sp³-hybridized carbons (Fsp3) is 0.500. The van der Waals surface area contributed by atoms with Gasteiger partial charge in [-0.05, 0) is 47.2 Å². The van der Waals surface area contributed by atoms with E-state index < -0.39 is 10.0 Å². The highest BCUT2D eigenvalue weighted by Crippen LogP contribution is 2.31. The Kier molecular flexibility index (Phi) is 9.15. The molecule has 1 aliphatic heterocycles. The number of amides is 1. The molecule has 1 aliphatic rings. The number of nitrogens with one attached hydrogen (secondary N) is 1. The van der Waals surface area contributed by atoms with Crippen molar-refractivity contribution in [2.24, 2.45) is 0 Å². The fourth-order valence-electron chi connectivity index (χ4n) is 3.95. The minimum absolute atomic E-state index is 0.0390. The summed E-state index contributed by atoms with van der Waals surface area (Å²) in [6, 6.07) is 12.7. The minimum Gasteiger partial charge on any atom is -0.496 e. The molecule has 0 radical (unpaired) electrons. The van der Waals surface area contributed by atoms with Crippen LogP contribution in [0.2, 0.25) is 0 Å². The van der Waals surface area contributed by atoms with Gasteiger partial charge in [0, 0.05) is 19.5 Å². The normalized spacial score (nSPS) is 15.0. The third kappa shape index (κ3) is 7.19. The van der Waals surface area contributed by atoms with Gasteiger partial charge in [-0.1, -0.05) is 39.0 Å². The molecule has 2 aromatic rings. The lowest BCUT2D eigenvalue weighted by Crippen LogP contribution is -2.40. The second kappa shape index (κ2) is 11.9. The molecule has 1 amide bonds. The van der Waals surface area contributed by atoms with Crippen molar-refractivity contribution in [3.05, 3.63) is 53.6 Å². The van der Waals surface area contributed by atoms with Gasteiger partial charge >= 0.3 is 0 Å². The highest BCUT2D eigenvalue weighted by Gasteiger charge is 2.27. The van der Waals surface area contributed by atoms with Crippen LogP contribution in [0.25, 0.3) is 0 Å². The van der Waals surface area contributed by atoms with E-state index >= 15 is 0 Å². The van der Waals surface area contributed by atoms with E-state index in [2.05, 4.69) is 32.2 Å². The van der Waals surface area contributed by atoms with Gasteiger partial charge in [0.25, 0.3) is 0 Å². The molecule has 0 spiro atoms. The van der Waals surface area contributed by atoms with Crippen LogP contribution in [-0.4, -0.2) is 65.2 Å². The molecule has 192 valence electrons. The number of carbonyl (C=O) groups is 1. The standard InChI is InChI=1S/C26H36N2O6S/c1-26(2,3)22-7-5-6-8-24(22)34-16-13-27-25(29)12-9-20-19-21(10-11-23(20)32-4)35(30,31)28-14-17-33-18-15-28/h5-8,10-11,19H,9,12-18H2,1-4H3,(H,27,29). The van der Waals surface area contributed by atoms with Gasteiger partial charge in [-0.15, -0.1) is 0 Å². The predicted molar refractivity (Wildman–Crippen MR) is 135 cm³/mol. The molecule has 2 aromatic carbocycles. The molecular formula is C26H36N2O6S. The molecule has 1 N–H and O–H groups in total. The summed E-state index contributed by atoms with van der Waals surface area (Å²) >= 11 is 0. The van der Waals surface area contributed by atoms with Crippen molar-refractivity contribution >= 4 is 15.9 Å². The summed E-state index contributed by atoms with van der Waals surface area (Å²) in [7, 11) is -2.10. The number of sulfonamides is 1. The highest BCUT2D eigenvalue weighted by atomic mass is 32.2. The van der Waals surface area contributed by atoms with Crippen LogP contribution < -0.4 is 14.8 Å². The largest absolute Gasteiger partial charge is 0.496 e. The fourth-order valence-corrected chi connectivity index (χ4v) is 5.41. The first-order valence-corrected chi connectivity index (χ1v) is 13.3. The predicted octanol–water partition coefficient (Wildman–Crippen LogP) is 3.14. The number of nitrogens with zero attached hydrogens (tertiary/aromatic N) is 1. The maximum atomic E-state index is 13.0. The van der Waals surface area contributed by atoms with Crippen molar-refractivity contribution < 1.29 is 27.4 Å². The first-order chi connectivity index (χ1) is 16.6. The van der Waals surface area contributed by atoms with Crippen LogP contribution in [0.3, 0.4) is 0 Å². The quantitative estimate of drug-likeness (QED) is 0.500. The molecular weight excluding hydrogens is 468 g/mol. The Bertz CT molecular complexity index is 1110. The Morgan fingerprint density at radius 1 is 1.09 bits per heavy atom. The van der Waals surface area contributed by atoms with E-state index in [0.717, 1.165) is 11.3 Å². The first-order valence-electron chi connectivity index (χ1n) is 11.9. The maximum Gasteiger partial charge on any atom is 0.243 e. The molecule has 0 unspecified atom stereocenters. The zero-order valence-corrected chi connectivity index (χ0v) is 21.8. The molecule has 0 atom stereocenters. The van der Waals surface area contributed by atoms with Crippen LogP contribution in [0.4, 0.5) is 0 Å². The lowest BCUT2D eigenvalue weighted by Gasteiger charge is -2.26. The number of hydrogen-bond acceptors (Lipinski definition) is 6. The molecule has 9 heteroatoms. The molecule has 1 fully saturated rings. The zero-order chi connectivity index (χ0) is 25.5. The third-order valence-electron chi connectivity index (χ3n) is 5.86. The van der Waals surface area contributed by atoms with Crippen LogP contribution in [0.15, 0.2) is 47.4 Å². The van der Waals surface area contributed by atoms with Crippen molar-refractivity contribution in [1.82, 2.24) is 9.62 Å². The van der Waals surface area contributed by atoms with E-state index in [1.54, 1.807) is 18.2 Å². The smallest absolute Gasteiger partial charge is 0.243 e. The molecule has 3 rings (SSSR count). The van der Waals surface area contributed by atoms with E-state index in [1.165, 1.54) is 11.4 Å². The second-order valence-corrected chi connectivity index (χ2v) is 11.4. The van der Waals surface area contributed by atoms with Crippen molar-refractivity contribution in [3.63, 3.8) is 0 Å². The lowest BCUT2D eigenvalue weighted by molar-refractivity contribution is -0.121. The van der Waals surface area contributed by atoms with Crippen LogP contribution >= 0.6 is 0 Å². The van der Waals surface area contributed by atoms with Gasteiger partial charge in [-0.25, -0.2) is 8.42 Å². The topological polar surface area (TPSA) is 94.2 Å². The molecule has 35 heavy (non-hydrogen) atoms. The Hall–Kier alpha value is -2.62. The summed E-state index contributed by atoms with van der Waals surface area (Å²) in [4.78, 5) is 12.6. The molecule has 0 aromatic heterocycles. The highest BCUT2D eigenvalue weighted by molar-refractivity contribution is 7.89. The van der Waals surface area contributed by atoms with Crippen LogP contribution in [-0.2, 0) is 31.4 Å². The average molecular weight is 505 g/mol. The number of ether oxygens (including phenoxy) is 3. The summed E-state index contributed by atoms with van der Waals surface area (Å²) in [6.45, 7) is 8.55. The van der Waals surface area contributed by atoms with Gasteiger partial charge in [-0.2, -0.15) is 4.31 Å². The minimum atomic E-state index is -3.63. The molecule has 0 saturated carbocycles. The summed E-state index contributed by atoms with van der Waals surface area (Å²) in [5.74, 6) is 1.24. The van der Waals surface area contributed by atoms with Crippen LogP contribution in [0, 0.1) is 0 Å². The Morgan fingerprint density at radius 3 is 2.49 bits per heavy atom. The van der Waals surface area contributed by atoms with E-state index in [-0.39, 0.29) is 22.6 Å². The number of rotatable bonds is 10. The van der Waals surface area contributed by atoms with Crippen molar-refractivity contribution in [3.8, 4) is 11.5 Å².